The van der Waals surface area contributed by atoms with Gasteiger partial charge in [-0.15, -0.1) is 11.3 Å². The first-order chi connectivity index (χ1) is 12.0. The van der Waals surface area contributed by atoms with E-state index in [1.54, 1.807) is 6.92 Å². The van der Waals surface area contributed by atoms with Gasteiger partial charge in [-0.2, -0.15) is 0 Å². The topological polar surface area (TPSA) is 83.0 Å². The highest BCUT2D eigenvalue weighted by molar-refractivity contribution is 7.20. The molecule has 5 nitrogen and oxygen atoms in total. The average molecular weight is 350 g/mol. The van der Waals surface area contributed by atoms with E-state index in [0.29, 0.717) is 28.0 Å². The van der Waals surface area contributed by atoms with Crippen LogP contribution in [0.3, 0.4) is 0 Å². The second-order valence-electron chi connectivity index (χ2n) is 5.87. The number of benzene rings is 2. The monoisotopic (exact) mass is 350 g/mol. The first-order valence-electron chi connectivity index (χ1n) is 7.77. The molecule has 0 aliphatic rings. The number of nitrogens with zero attached hydrogens (tertiary/aromatic N) is 1. The molecular weight excluding hydrogens is 336 g/mol. The summed E-state index contributed by atoms with van der Waals surface area (Å²) in [6.07, 6.45) is 0.478. The molecule has 0 fully saturated rings. The number of rotatable bonds is 3. The minimum atomic E-state index is -1.03. The molecule has 0 unspecified atom stereocenters. The summed E-state index contributed by atoms with van der Waals surface area (Å²) in [5, 5.41) is 11.9. The molecule has 0 atom stereocenters. The standard InChI is InChI=1S/C19H14N2O3S/c1-10-15-17(22)20-14(21-18(15)25-16(10)19(23)24)9-12-7-4-6-11-5-2-3-8-13(11)12/h2-8H,9H2,1H3,(H,23,24)(H,20,21,22). The maximum absolute atomic E-state index is 12.4. The van der Waals surface area contributed by atoms with Crippen LogP contribution in [0.1, 0.15) is 26.6 Å². The maximum Gasteiger partial charge on any atom is 0.346 e. The molecule has 0 spiro atoms. The van der Waals surface area contributed by atoms with E-state index < -0.39 is 5.97 Å². The van der Waals surface area contributed by atoms with Crippen LogP contribution in [0.4, 0.5) is 0 Å². The summed E-state index contributed by atoms with van der Waals surface area (Å²) in [5.74, 6) is -0.498. The predicted molar refractivity (Wildman–Crippen MR) is 98.7 cm³/mol. The van der Waals surface area contributed by atoms with Gasteiger partial charge in [-0.3, -0.25) is 4.79 Å². The molecule has 4 rings (SSSR count). The number of hydrogen-bond donors (Lipinski definition) is 2. The van der Waals surface area contributed by atoms with E-state index in [1.165, 1.54) is 0 Å². The van der Waals surface area contributed by atoms with E-state index in [2.05, 4.69) is 9.97 Å². The van der Waals surface area contributed by atoms with Crippen molar-refractivity contribution in [1.29, 1.82) is 0 Å². The number of aryl methyl sites for hydroxylation is 1. The van der Waals surface area contributed by atoms with Crippen LogP contribution in [-0.2, 0) is 6.42 Å². The first kappa shape index (κ1) is 15.5. The van der Waals surface area contributed by atoms with Crippen molar-refractivity contribution in [2.45, 2.75) is 13.3 Å². The van der Waals surface area contributed by atoms with Crippen molar-refractivity contribution in [2.24, 2.45) is 0 Å². The number of carbonyl (C=O) groups is 1. The lowest BCUT2D eigenvalue weighted by Gasteiger charge is -2.06. The Kier molecular flexibility index (Phi) is 3.62. The van der Waals surface area contributed by atoms with Crippen LogP contribution < -0.4 is 5.56 Å². The van der Waals surface area contributed by atoms with Crippen molar-refractivity contribution in [1.82, 2.24) is 9.97 Å². The molecule has 2 heterocycles. The van der Waals surface area contributed by atoms with Crippen LogP contribution in [0.5, 0.6) is 0 Å². The summed E-state index contributed by atoms with van der Waals surface area (Å²) in [6.45, 7) is 1.64. The summed E-state index contributed by atoms with van der Waals surface area (Å²) >= 11 is 1.04. The van der Waals surface area contributed by atoms with Crippen LogP contribution in [-0.4, -0.2) is 21.0 Å². The Hall–Kier alpha value is -2.99. The van der Waals surface area contributed by atoms with Gasteiger partial charge in [0.05, 0.1) is 5.39 Å². The number of carboxylic acids is 1. The second-order valence-corrected chi connectivity index (χ2v) is 6.87. The minimum absolute atomic E-state index is 0.162. The van der Waals surface area contributed by atoms with Gasteiger partial charge < -0.3 is 10.1 Å². The van der Waals surface area contributed by atoms with Gasteiger partial charge in [0.25, 0.3) is 5.56 Å². The molecule has 0 aliphatic carbocycles. The lowest BCUT2D eigenvalue weighted by atomic mass is 10.0. The molecule has 2 N–H and O–H groups in total. The molecule has 4 aromatic rings. The van der Waals surface area contributed by atoms with Gasteiger partial charge in [0.2, 0.25) is 0 Å². The van der Waals surface area contributed by atoms with Crippen molar-refractivity contribution in [3.05, 3.63) is 74.6 Å². The molecular formula is C19H14N2O3S. The fourth-order valence-electron chi connectivity index (χ4n) is 3.10. The molecule has 0 bridgehead atoms. The number of hydrogen-bond acceptors (Lipinski definition) is 4. The Morgan fingerprint density at radius 1 is 1.20 bits per heavy atom. The van der Waals surface area contributed by atoms with Crippen molar-refractivity contribution >= 4 is 38.3 Å². The number of nitrogens with one attached hydrogen (secondary N) is 1. The third-order valence-electron chi connectivity index (χ3n) is 4.28. The fraction of sp³-hybridized carbons (Fsp3) is 0.105. The van der Waals surface area contributed by atoms with Crippen LogP contribution >= 0.6 is 11.3 Å². The lowest BCUT2D eigenvalue weighted by molar-refractivity contribution is 0.0701. The van der Waals surface area contributed by atoms with Crippen molar-refractivity contribution in [2.75, 3.05) is 0 Å². The smallest absolute Gasteiger partial charge is 0.346 e. The largest absolute Gasteiger partial charge is 0.477 e. The van der Waals surface area contributed by atoms with E-state index in [1.807, 2.05) is 42.5 Å². The van der Waals surface area contributed by atoms with Crippen molar-refractivity contribution < 1.29 is 9.90 Å². The average Bonchev–Trinajstić information content (AvgIpc) is 2.92. The molecule has 0 saturated carbocycles. The Labute approximate surface area is 146 Å². The van der Waals surface area contributed by atoms with Gasteiger partial charge in [0, 0.05) is 6.42 Å². The van der Waals surface area contributed by atoms with Gasteiger partial charge >= 0.3 is 5.97 Å². The summed E-state index contributed by atoms with van der Waals surface area (Å²) < 4.78 is 0. The Morgan fingerprint density at radius 3 is 2.76 bits per heavy atom. The first-order valence-corrected chi connectivity index (χ1v) is 8.58. The Balaban J connectivity index is 1.85. The van der Waals surface area contributed by atoms with Gasteiger partial charge in [0.1, 0.15) is 15.5 Å². The van der Waals surface area contributed by atoms with Gasteiger partial charge in [0.15, 0.2) is 0 Å². The Morgan fingerprint density at radius 2 is 1.96 bits per heavy atom. The molecule has 0 aliphatic heterocycles. The van der Waals surface area contributed by atoms with Crippen molar-refractivity contribution in [3.63, 3.8) is 0 Å². The number of aromatic nitrogens is 2. The highest BCUT2D eigenvalue weighted by atomic mass is 32.1. The number of aromatic carboxylic acids is 1. The van der Waals surface area contributed by atoms with Gasteiger partial charge in [-0.25, -0.2) is 9.78 Å². The number of H-pyrrole nitrogens is 1. The fourth-order valence-corrected chi connectivity index (χ4v) is 4.14. The van der Waals surface area contributed by atoms with E-state index in [-0.39, 0.29) is 10.4 Å². The highest BCUT2D eigenvalue weighted by Crippen LogP contribution is 2.27. The SMILES string of the molecule is Cc1c(C(=O)O)sc2nc(Cc3cccc4ccccc34)[nH]c(=O)c12. The third-order valence-corrected chi connectivity index (χ3v) is 5.46. The number of fused-ring (bicyclic) bond motifs is 2. The second kappa shape index (κ2) is 5.82. The van der Waals surface area contributed by atoms with Crippen LogP contribution in [0, 0.1) is 6.92 Å². The number of carboxylic acid groups (broad SMARTS) is 1. The molecule has 6 heteroatoms. The summed E-state index contributed by atoms with van der Waals surface area (Å²) in [7, 11) is 0. The summed E-state index contributed by atoms with van der Waals surface area (Å²) in [6, 6.07) is 14.1. The van der Waals surface area contributed by atoms with E-state index in [9.17, 15) is 14.7 Å². The summed E-state index contributed by atoms with van der Waals surface area (Å²) in [4.78, 5) is 31.7. The Bertz CT molecular complexity index is 1190. The van der Waals surface area contributed by atoms with Crippen LogP contribution in [0.25, 0.3) is 21.0 Å². The van der Waals surface area contributed by atoms with Gasteiger partial charge in [-0.05, 0) is 28.8 Å². The normalized spacial score (nSPS) is 11.2. The van der Waals surface area contributed by atoms with E-state index >= 15 is 0 Å². The maximum atomic E-state index is 12.4. The molecule has 0 radical (unpaired) electrons. The zero-order chi connectivity index (χ0) is 17.6. The predicted octanol–water partition coefficient (Wildman–Crippen LogP) is 3.74. The lowest BCUT2D eigenvalue weighted by Crippen LogP contribution is -2.12. The van der Waals surface area contributed by atoms with E-state index in [4.69, 9.17) is 0 Å². The van der Waals surface area contributed by atoms with E-state index in [0.717, 1.165) is 27.7 Å². The molecule has 0 amide bonds. The zero-order valence-electron chi connectivity index (χ0n) is 13.4. The highest BCUT2D eigenvalue weighted by Gasteiger charge is 2.18. The quantitative estimate of drug-likeness (QED) is 0.590. The zero-order valence-corrected chi connectivity index (χ0v) is 14.2. The van der Waals surface area contributed by atoms with Crippen LogP contribution in [0.2, 0.25) is 0 Å². The molecule has 2 aromatic heterocycles. The van der Waals surface area contributed by atoms with Crippen molar-refractivity contribution in [3.8, 4) is 0 Å². The van der Waals surface area contributed by atoms with Gasteiger partial charge in [-0.1, -0.05) is 42.5 Å². The third kappa shape index (κ3) is 2.60. The number of aromatic amines is 1. The molecule has 25 heavy (non-hydrogen) atoms. The van der Waals surface area contributed by atoms with Crippen LogP contribution in [0.15, 0.2) is 47.3 Å². The molecule has 2 aromatic carbocycles. The molecule has 124 valence electrons. The summed E-state index contributed by atoms with van der Waals surface area (Å²) in [5.41, 5.74) is 1.24. The number of thiophene rings is 1. The minimum Gasteiger partial charge on any atom is -0.477 e. The molecule has 0 saturated heterocycles.